The number of Topliss-reactive ketones (excluding diaryl/α,β-unsaturated/α-hetero) is 1. The zero-order valence-corrected chi connectivity index (χ0v) is 19.1. The molecule has 4 heterocycles. The van der Waals surface area contributed by atoms with Gasteiger partial charge in [-0.2, -0.15) is 0 Å². The minimum Gasteiger partial charge on any atom is -0.454 e. The number of fused-ring (bicyclic) bond motifs is 5. The van der Waals surface area contributed by atoms with Crippen LogP contribution in [-0.4, -0.2) is 41.1 Å². The summed E-state index contributed by atoms with van der Waals surface area (Å²) in [7, 11) is 0. The first-order valence-corrected chi connectivity index (χ1v) is 12.6. The van der Waals surface area contributed by atoms with E-state index in [2.05, 4.69) is 22.3 Å². The Morgan fingerprint density at radius 1 is 1.00 bits per heavy atom. The summed E-state index contributed by atoms with van der Waals surface area (Å²) < 4.78 is 11.0. The number of ketones is 1. The Labute approximate surface area is 201 Å². The van der Waals surface area contributed by atoms with E-state index >= 15 is 0 Å². The van der Waals surface area contributed by atoms with E-state index in [1.165, 1.54) is 0 Å². The summed E-state index contributed by atoms with van der Waals surface area (Å²) in [6.07, 6.45) is 0. The second-order valence-corrected chi connectivity index (χ2v) is 10.1. The van der Waals surface area contributed by atoms with E-state index in [-0.39, 0.29) is 30.4 Å². The Bertz CT molecular complexity index is 1330. The third kappa shape index (κ3) is 2.56. The molecular formula is C27H22N2O4S. The molecule has 3 aromatic rings. The second-order valence-electron chi connectivity index (χ2n) is 9.15. The predicted molar refractivity (Wildman–Crippen MR) is 129 cm³/mol. The SMILES string of the molecule is O=C(c1ccc2c(c1)OCO2)[C@@H]1[C@@H](c2ccccc2)[C@@H]2CSCN2[C@@]12C(=O)Nc1ccccc12. The molecule has 7 heteroatoms. The van der Waals surface area contributed by atoms with Crippen LogP contribution >= 0.6 is 11.8 Å². The Kier molecular flexibility index (Phi) is 4.35. The van der Waals surface area contributed by atoms with E-state index in [0.29, 0.717) is 22.9 Å². The van der Waals surface area contributed by atoms with Crippen LogP contribution in [0.1, 0.15) is 27.4 Å². The number of hydrogen-bond acceptors (Lipinski definition) is 6. The lowest BCUT2D eigenvalue weighted by Crippen LogP contribution is -2.52. The van der Waals surface area contributed by atoms with Crippen molar-refractivity contribution in [2.45, 2.75) is 17.5 Å². The van der Waals surface area contributed by atoms with Gasteiger partial charge in [0.2, 0.25) is 12.7 Å². The van der Waals surface area contributed by atoms with E-state index in [1.807, 2.05) is 54.2 Å². The number of carbonyl (C=O) groups is 2. The number of amides is 1. The summed E-state index contributed by atoms with van der Waals surface area (Å²) in [5.74, 6) is 1.94. The Hall–Kier alpha value is -3.29. The molecular weight excluding hydrogens is 448 g/mol. The maximum absolute atomic E-state index is 14.5. The Morgan fingerprint density at radius 3 is 2.68 bits per heavy atom. The molecule has 1 N–H and O–H groups in total. The number of benzene rings is 3. The molecule has 0 saturated carbocycles. The van der Waals surface area contributed by atoms with Crippen molar-refractivity contribution in [2.24, 2.45) is 5.92 Å². The zero-order valence-electron chi connectivity index (χ0n) is 18.3. The number of thioether (sulfide) groups is 1. The molecule has 4 aliphatic heterocycles. The standard InChI is InChI=1S/C27H22N2O4S/c30-25(17-10-11-21-22(12-17)33-15-32-21)24-23(16-6-2-1-3-7-16)20-13-34-14-29(20)27(24)18-8-4-5-9-19(18)28-26(27)31/h1-12,20,23-24H,13-15H2,(H,28,31)/t20-,23-,24-,27+/m0/s1. The summed E-state index contributed by atoms with van der Waals surface area (Å²) in [5.41, 5.74) is 2.26. The first kappa shape index (κ1) is 20.1. The summed E-state index contributed by atoms with van der Waals surface area (Å²) in [6, 6.07) is 23.4. The molecule has 2 saturated heterocycles. The average molecular weight is 471 g/mol. The van der Waals surface area contributed by atoms with Gasteiger partial charge in [-0.3, -0.25) is 14.5 Å². The number of anilines is 1. The smallest absolute Gasteiger partial charge is 0.250 e. The molecule has 1 amide bonds. The van der Waals surface area contributed by atoms with Crippen LogP contribution in [-0.2, 0) is 10.3 Å². The first-order chi connectivity index (χ1) is 16.7. The fraction of sp³-hybridized carbons (Fsp3) is 0.259. The third-order valence-corrected chi connectivity index (χ3v) is 8.69. The van der Waals surface area contributed by atoms with Crippen LogP contribution in [0.3, 0.4) is 0 Å². The molecule has 0 aliphatic carbocycles. The molecule has 0 aromatic heterocycles. The third-order valence-electron chi connectivity index (χ3n) is 7.65. The molecule has 1 spiro atoms. The van der Waals surface area contributed by atoms with Gasteiger partial charge in [0, 0.05) is 40.4 Å². The van der Waals surface area contributed by atoms with E-state index in [1.54, 1.807) is 18.2 Å². The lowest BCUT2D eigenvalue weighted by molar-refractivity contribution is -0.127. The second kappa shape index (κ2) is 7.35. The van der Waals surface area contributed by atoms with Gasteiger partial charge in [-0.1, -0.05) is 48.5 Å². The fourth-order valence-electron chi connectivity index (χ4n) is 6.31. The molecule has 2 fully saturated rings. The number of nitrogens with one attached hydrogen (secondary N) is 1. The molecule has 0 radical (unpaired) electrons. The minimum atomic E-state index is -1.06. The van der Waals surface area contributed by atoms with Crippen LogP contribution in [0.5, 0.6) is 11.5 Å². The van der Waals surface area contributed by atoms with Crippen molar-refractivity contribution < 1.29 is 19.1 Å². The summed E-state index contributed by atoms with van der Waals surface area (Å²) in [5, 5.41) is 3.11. The van der Waals surface area contributed by atoms with Gasteiger partial charge in [-0.15, -0.1) is 11.8 Å². The van der Waals surface area contributed by atoms with Gasteiger partial charge in [0.1, 0.15) is 5.54 Å². The molecule has 3 aromatic carbocycles. The molecule has 7 rings (SSSR count). The molecule has 4 aliphatic rings. The average Bonchev–Trinajstić information content (AvgIpc) is 3.63. The predicted octanol–water partition coefficient (Wildman–Crippen LogP) is 4.23. The number of nitrogens with zero attached hydrogens (tertiary/aromatic N) is 1. The van der Waals surface area contributed by atoms with Crippen molar-refractivity contribution in [2.75, 3.05) is 23.7 Å². The van der Waals surface area contributed by atoms with Crippen LogP contribution in [0.2, 0.25) is 0 Å². The van der Waals surface area contributed by atoms with Gasteiger partial charge in [-0.05, 0) is 29.8 Å². The quantitative estimate of drug-likeness (QED) is 0.578. The topological polar surface area (TPSA) is 67.9 Å². The van der Waals surface area contributed by atoms with Crippen molar-refractivity contribution in [3.8, 4) is 11.5 Å². The fourth-order valence-corrected chi connectivity index (χ4v) is 7.64. The maximum atomic E-state index is 14.5. The lowest BCUT2D eigenvalue weighted by Gasteiger charge is -2.36. The van der Waals surface area contributed by atoms with Gasteiger partial charge in [-0.25, -0.2) is 0 Å². The van der Waals surface area contributed by atoms with Gasteiger partial charge in [0.15, 0.2) is 17.3 Å². The van der Waals surface area contributed by atoms with Crippen LogP contribution in [0.15, 0.2) is 72.8 Å². The highest BCUT2D eigenvalue weighted by Gasteiger charge is 2.69. The largest absolute Gasteiger partial charge is 0.454 e. The normalized spacial score (nSPS) is 28.7. The summed E-state index contributed by atoms with van der Waals surface area (Å²) in [4.78, 5) is 30.7. The van der Waals surface area contributed by atoms with E-state index in [9.17, 15) is 9.59 Å². The van der Waals surface area contributed by atoms with Crippen molar-refractivity contribution in [1.82, 2.24) is 4.90 Å². The number of ether oxygens (including phenoxy) is 2. The van der Waals surface area contributed by atoms with Crippen molar-refractivity contribution in [3.63, 3.8) is 0 Å². The Balaban J connectivity index is 1.46. The van der Waals surface area contributed by atoms with Crippen LogP contribution in [0, 0.1) is 5.92 Å². The number of carbonyl (C=O) groups excluding carboxylic acids is 2. The highest BCUT2D eigenvalue weighted by Crippen LogP contribution is 2.61. The molecule has 0 unspecified atom stereocenters. The van der Waals surface area contributed by atoms with Gasteiger partial charge in [0.05, 0.1) is 5.92 Å². The van der Waals surface area contributed by atoms with E-state index in [4.69, 9.17) is 9.47 Å². The van der Waals surface area contributed by atoms with Crippen molar-refractivity contribution >= 4 is 29.1 Å². The molecule has 34 heavy (non-hydrogen) atoms. The minimum absolute atomic E-state index is 0.0431. The Morgan fingerprint density at radius 2 is 1.79 bits per heavy atom. The number of hydrogen-bond donors (Lipinski definition) is 1. The number of rotatable bonds is 3. The van der Waals surface area contributed by atoms with Crippen LogP contribution in [0.4, 0.5) is 5.69 Å². The van der Waals surface area contributed by atoms with Crippen molar-refractivity contribution in [1.29, 1.82) is 0 Å². The highest BCUT2D eigenvalue weighted by atomic mass is 32.2. The summed E-state index contributed by atoms with van der Waals surface area (Å²) >= 11 is 1.83. The van der Waals surface area contributed by atoms with Gasteiger partial charge in [0.25, 0.3) is 0 Å². The van der Waals surface area contributed by atoms with Crippen LogP contribution in [0.25, 0.3) is 0 Å². The molecule has 170 valence electrons. The molecule has 0 bridgehead atoms. The van der Waals surface area contributed by atoms with Crippen molar-refractivity contribution in [3.05, 3.63) is 89.5 Å². The number of para-hydroxylation sites is 1. The monoisotopic (exact) mass is 470 g/mol. The summed E-state index contributed by atoms with van der Waals surface area (Å²) in [6.45, 7) is 0.149. The first-order valence-electron chi connectivity index (χ1n) is 11.4. The molecule has 4 atom stereocenters. The zero-order chi connectivity index (χ0) is 22.9. The van der Waals surface area contributed by atoms with Gasteiger partial charge < -0.3 is 14.8 Å². The maximum Gasteiger partial charge on any atom is 0.250 e. The lowest BCUT2D eigenvalue weighted by atomic mass is 9.69. The van der Waals surface area contributed by atoms with Gasteiger partial charge >= 0.3 is 0 Å². The highest BCUT2D eigenvalue weighted by molar-refractivity contribution is 7.99. The van der Waals surface area contributed by atoms with Crippen LogP contribution < -0.4 is 14.8 Å². The molecule has 6 nitrogen and oxygen atoms in total. The van der Waals surface area contributed by atoms with E-state index < -0.39 is 11.5 Å². The van der Waals surface area contributed by atoms with E-state index in [0.717, 1.165) is 22.6 Å².